The van der Waals surface area contributed by atoms with Crippen LogP contribution in [-0.4, -0.2) is 23.0 Å². The summed E-state index contributed by atoms with van der Waals surface area (Å²) >= 11 is 0. The lowest BCUT2D eigenvalue weighted by molar-refractivity contribution is 1.07. The van der Waals surface area contributed by atoms with Crippen molar-refractivity contribution in [2.45, 2.75) is 6.55 Å². The van der Waals surface area contributed by atoms with Crippen molar-refractivity contribution in [2.24, 2.45) is 0 Å². The Morgan fingerprint density at radius 3 is 1.50 bits per heavy atom. The zero-order chi connectivity index (χ0) is 25.5. The fraction of sp³-hybridized carbons (Fsp3) is 0.0294. The van der Waals surface area contributed by atoms with E-state index in [9.17, 15) is 0 Å². The SMILES string of the molecule is C[Si]1(c2ccccc2)c2ccccc2-c2ccc(-c3nc(-c4ccccc4)nc(-c4ccccc4)n3)cc21. The lowest BCUT2D eigenvalue weighted by Gasteiger charge is -2.26. The Kier molecular flexibility index (Phi) is 5.34. The molecule has 3 nitrogen and oxygen atoms in total. The maximum atomic E-state index is 4.99. The lowest BCUT2D eigenvalue weighted by atomic mass is 10.0. The van der Waals surface area contributed by atoms with E-state index in [-0.39, 0.29) is 0 Å². The highest BCUT2D eigenvalue weighted by molar-refractivity contribution is 7.13. The van der Waals surface area contributed by atoms with Crippen molar-refractivity contribution in [2.75, 3.05) is 0 Å². The molecule has 1 unspecified atom stereocenters. The van der Waals surface area contributed by atoms with Gasteiger partial charge in [0.15, 0.2) is 17.5 Å². The van der Waals surface area contributed by atoms with Crippen molar-refractivity contribution in [3.63, 3.8) is 0 Å². The van der Waals surface area contributed by atoms with E-state index < -0.39 is 8.07 Å². The van der Waals surface area contributed by atoms with Crippen molar-refractivity contribution in [3.05, 3.63) is 133 Å². The summed E-state index contributed by atoms with van der Waals surface area (Å²) in [6.07, 6.45) is 0. The second-order valence-electron chi connectivity index (χ2n) is 9.84. The van der Waals surface area contributed by atoms with E-state index in [1.54, 1.807) is 0 Å². The minimum Gasteiger partial charge on any atom is -0.208 e. The van der Waals surface area contributed by atoms with Crippen LogP contribution in [0.4, 0.5) is 0 Å². The largest absolute Gasteiger partial charge is 0.208 e. The van der Waals surface area contributed by atoms with Crippen LogP contribution in [0.2, 0.25) is 6.55 Å². The zero-order valence-electron chi connectivity index (χ0n) is 21.0. The molecule has 0 saturated carbocycles. The average molecular weight is 504 g/mol. The summed E-state index contributed by atoms with van der Waals surface area (Å²) < 4.78 is 0. The summed E-state index contributed by atoms with van der Waals surface area (Å²) in [7, 11) is -2.19. The molecule has 1 aliphatic rings. The van der Waals surface area contributed by atoms with Gasteiger partial charge in [0.2, 0.25) is 0 Å². The topological polar surface area (TPSA) is 38.7 Å². The Morgan fingerprint density at radius 2 is 0.895 bits per heavy atom. The first kappa shape index (κ1) is 22.5. The Labute approximate surface area is 223 Å². The quantitative estimate of drug-likeness (QED) is 0.279. The molecule has 4 heteroatoms. The molecule has 7 rings (SSSR count). The van der Waals surface area contributed by atoms with Gasteiger partial charge >= 0.3 is 0 Å². The molecular weight excluding hydrogens is 478 g/mol. The Hall–Kier alpha value is -4.67. The van der Waals surface area contributed by atoms with Crippen LogP contribution in [0.3, 0.4) is 0 Å². The van der Waals surface area contributed by atoms with E-state index in [1.165, 1.54) is 26.7 Å². The minimum absolute atomic E-state index is 0.682. The van der Waals surface area contributed by atoms with Gasteiger partial charge in [-0.05, 0) is 26.7 Å². The van der Waals surface area contributed by atoms with E-state index in [0.29, 0.717) is 17.5 Å². The van der Waals surface area contributed by atoms with Crippen molar-refractivity contribution in [1.29, 1.82) is 0 Å². The number of benzene rings is 5. The molecule has 0 bridgehead atoms. The van der Waals surface area contributed by atoms with Crippen LogP contribution >= 0.6 is 0 Å². The monoisotopic (exact) mass is 503 g/mol. The maximum Gasteiger partial charge on any atom is 0.164 e. The second-order valence-corrected chi connectivity index (χ2v) is 13.7. The third-order valence-corrected chi connectivity index (χ3v) is 12.1. The number of hydrogen-bond donors (Lipinski definition) is 0. The Balaban J connectivity index is 1.45. The predicted octanol–water partition coefficient (Wildman–Crippen LogP) is 5.95. The Morgan fingerprint density at radius 1 is 0.421 bits per heavy atom. The van der Waals surface area contributed by atoms with Crippen LogP contribution in [0.25, 0.3) is 45.3 Å². The molecule has 38 heavy (non-hydrogen) atoms. The molecule has 0 fully saturated rings. The molecule has 6 aromatic rings. The van der Waals surface area contributed by atoms with E-state index in [2.05, 4.69) is 79.3 Å². The molecule has 0 aliphatic carbocycles. The van der Waals surface area contributed by atoms with Crippen molar-refractivity contribution in [1.82, 2.24) is 15.0 Å². The van der Waals surface area contributed by atoms with Crippen molar-refractivity contribution >= 4 is 23.6 Å². The standard InChI is InChI=1S/C34H25N3Si/c1-38(27-17-9-4-10-18-27)30-20-12-11-19-28(30)29-22-21-26(23-31(29)38)34-36-32(24-13-5-2-6-14-24)35-33(37-34)25-15-7-3-8-16-25/h2-23H,1H3. The van der Waals surface area contributed by atoms with Gasteiger partial charge < -0.3 is 0 Å². The number of nitrogens with zero attached hydrogens (tertiary/aromatic N) is 3. The summed E-state index contributed by atoms with van der Waals surface area (Å²) in [5.41, 5.74) is 5.64. The summed E-state index contributed by atoms with van der Waals surface area (Å²) in [5, 5.41) is 4.28. The minimum atomic E-state index is -2.19. The maximum absolute atomic E-state index is 4.99. The number of aromatic nitrogens is 3. The summed E-state index contributed by atoms with van der Waals surface area (Å²) in [4.78, 5) is 14.8. The molecule has 5 aromatic carbocycles. The predicted molar refractivity (Wildman–Crippen MR) is 159 cm³/mol. The van der Waals surface area contributed by atoms with Gasteiger partial charge in [-0.1, -0.05) is 140 Å². The highest BCUT2D eigenvalue weighted by Gasteiger charge is 2.43. The lowest BCUT2D eigenvalue weighted by Crippen LogP contribution is -2.62. The van der Waals surface area contributed by atoms with Crippen LogP contribution < -0.4 is 15.6 Å². The molecule has 0 saturated heterocycles. The molecule has 0 amide bonds. The first-order valence-electron chi connectivity index (χ1n) is 12.9. The van der Waals surface area contributed by atoms with Gasteiger partial charge in [0.05, 0.1) is 0 Å². The van der Waals surface area contributed by atoms with Crippen molar-refractivity contribution in [3.8, 4) is 45.3 Å². The van der Waals surface area contributed by atoms with Crippen LogP contribution in [0.1, 0.15) is 0 Å². The molecule has 0 spiro atoms. The first-order chi connectivity index (χ1) is 18.7. The first-order valence-corrected chi connectivity index (χ1v) is 15.4. The van der Waals surface area contributed by atoms with Gasteiger partial charge in [0.25, 0.3) is 0 Å². The molecule has 1 atom stereocenters. The van der Waals surface area contributed by atoms with Gasteiger partial charge in [-0.25, -0.2) is 15.0 Å². The van der Waals surface area contributed by atoms with E-state index in [1.807, 2.05) is 60.7 Å². The molecule has 0 N–H and O–H groups in total. The third kappa shape index (κ3) is 3.61. The van der Waals surface area contributed by atoms with Gasteiger partial charge in [-0.15, -0.1) is 0 Å². The zero-order valence-corrected chi connectivity index (χ0v) is 22.0. The highest BCUT2D eigenvalue weighted by atomic mass is 28.3. The van der Waals surface area contributed by atoms with E-state index >= 15 is 0 Å². The molecule has 1 aromatic heterocycles. The molecule has 1 aliphatic heterocycles. The van der Waals surface area contributed by atoms with E-state index in [0.717, 1.165) is 16.7 Å². The number of hydrogen-bond acceptors (Lipinski definition) is 3. The molecule has 2 heterocycles. The number of fused-ring (bicyclic) bond motifs is 3. The van der Waals surface area contributed by atoms with Crippen LogP contribution in [0, 0.1) is 0 Å². The second kappa shape index (κ2) is 9.01. The fourth-order valence-corrected chi connectivity index (χ4v) is 9.81. The van der Waals surface area contributed by atoms with Crippen LogP contribution in [0.15, 0.2) is 133 Å². The van der Waals surface area contributed by atoms with Crippen molar-refractivity contribution < 1.29 is 0 Å². The van der Waals surface area contributed by atoms with Gasteiger partial charge in [-0.2, -0.15) is 0 Å². The normalized spacial score (nSPS) is 15.6. The average Bonchev–Trinajstić information content (AvgIpc) is 3.27. The van der Waals surface area contributed by atoms with Gasteiger partial charge in [0, 0.05) is 16.7 Å². The van der Waals surface area contributed by atoms with Crippen LogP contribution in [-0.2, 0) is 0 Å². The van der Waals surface area contributed by atoms with E-state index in [4.69, 9.17) is 15.0 Å². The van der Waals surface area contributed by atoms with Gasteiger partial charge in [0.1, 0.15) is 8.07 Å². The Bertz CT molecular complexity index is 1710. The summed E-state index contributed by atoms with van der Waals surface area (Å²) in [6, 6.07) is 46.9. The summed E-state index contributed by atoms with van der Waals surface area (Å²) in [5.74, 6) is 2.06. The van der Waals surface area contributed by atoms with Gasteiger partial charge in [-0.3, -0.25) is 0 Å². The third-order valence-electron chi connectivity index (χ3n) is 7.62. The smallest absolute Gasteiger partial charge is 0.164 e. The van der Waals surface area contributed by atoms with Crippen LogP contribution in [0.5, 0.6) is 0 Å². The number of rotatable bonds is 4. The summed E-state index contributed by atoms with van der Waals surface area (Å²) in [6.45, 7) is 2.47. The molecule has 180 valence electrons. The fourth-order valence-electron chi connectivity index (χ4n) is 5.65. The molecule has 0 radical (unpaired) electrons. The molecular formula is C34H25N3Si. The highest BCUT2D eigenvalue weighted by Crippen LogP contribution is 2.31.